The number of nitrogens with zero attached hydrogens (tertiary/aromatic N) is 1. The Morgan fingerprint density at radius 2 is 2.27 bits per heavy atom. The van der Waals surface area contributed by atoms with E-state index in [0.717, 1.165) is 38.7 Å². The van der Waals surface area contributed by atoms with Gasteiger partial charge in [-0.1, -0.05) is 13.8 Å². The fourth-order valence-electron chi connectivity index (χ4n) is 1.91. The Morgan fingerprint density at radius 1 is 1.47 bits per heavy atom. The van der Waals surface area contributed by atoms with E-state index in [-0.39, 0.29) is 0 Å². The van der Waals surface area contributed by atoms with Crippen molar-refractivity contribution in [2.45, 2.75) is 33.3 Å². The van der Waals surface area contributed by atoms with Crippen molar-refractivity contribution >= 4 is 0 Å². The quantitative estimate of drug-likeness (QED) is 0.675. The molecule has 0 spiro atoms. The van der Waals surface area contributed by atoms with Crippen molar-refractivity contribution in [1.29, 1.82) is 0 Å². The number of morpholine rings is 1. The lowest BCUT2D eigenvalue weighted by atomic mass is 10.2. The number of nitrogens with one attached hydrogen (secondary N) is 1. The molecule has 3 nitrogen and oxygen atoms in total. The number of rotatable bonds is 6. The summed E-state index contributed by atoms with van der Waals surface area (Å²) in [7, 11) is 0. The van der Waals surface area contributed by atoms with Gasteiger partial charge in [-0.2, -0.15) is 0 Å². The van der Waals surface area contributed by atoms with Crippen LogP contribution in [0.25, 0.3) is 0 Å². The highest BCUT2D eigenvalue weighted by molar-refractivity contribution is 4.68. The molecule has 1 fully saturated rings. The maximum absolute atomic E-state index is 5.51. The molecule has 1 aliphatic heterocycles. The minimum atomic E-state index is 0.419. The summed E-state index contributed by atoms with van der Waals surface area (Å²) in [6, 6.07) is 0. The molecule has 1 rings (SSSR count). The first-order chi connectivity index (χ1) is 7.18. The monoisotopic (exact) mass is 214 g/mol. The van der Waals surface area contributed by atoms with Crippen molar-refractivity contribution in [3.8, 4) is 0 Å². The van der Waals surface area contributed by atoms with Crippen LogP contribution in [0.3, 0.4) is 0 Å². The van der Waals surface area contributed by atoms with Crippen LogP contribution in [0.4, 0.5) is 0 Å². The minimum absolute atomic E-state index is 0.419. The lowest BCUT2D eigenvalue weighted by Crippen LogP contribution is -2.42. The second-order valence-electron chi connectivity index (χ2n) is 4.93. The van der Waals surface area contributed by atoms with Crippen LogP contribution < -0.4 is 5.32 Å². The van der Waals surface area contributed by atoms with E-state index in [0.29, 0.717) is 6.10 Å². The van der Waals surface area contributed by atoms with Gasteiger partial charge in [0.1, 0.15) is 0 Å². The summed E-state index contributed by atoms with van der Waals surface area (Å²) < 4.78 is 5.51. The van der Waals surface area contributed by atoms with E-state index in [1.165, 1.54) is 13.0 Å². The van der Waals surface area contributed by atoms with Crippen molar-refractivity contribution in [1.82, 2.24) is 10.2 Å². The summed E-state index contributed by atoms with van der Waals surface area (Å²) in [5.74, 6) is 0.758. The van der Waals surface area contributed by atoms with E-state index in [2.05, 4.69) is 31.0 Å². The van der Waals surface area contributed by atoms with Crippen molar-refractivity contribution in [2.24, 2.45) is 5.92 Å². The fourth-order valence-corrected chi connectivity index (χ4v) is 1.91. The lowest BCUT2D eigenvalue weighted by molar-refractivity contribution is -0.0183. The second kappa shape index (κ2) is 7.20. The maximum Gasteiger partial charge on any atom is 0.0674 e. The highest BCUT2D eigenvalue weighted by Gasteiger charge is 2.15. The molecule has 1 heterocycles. The Balaban J connectivity index is 1.95. The molecule has 1 aliphatic rings. The third-order valence-corrected chi connectivity index (χ3v) is 2.71. The predicted octanol–water partition coefficient (Wildman–Crippen LogP) is 1.34. The van der Waals surface area contributed by atoms with Crippen molar-refractivity contribution < 1.29 is 4.74 Å². The first-order valence-corrected chi connectivity index (χ1v) is 6.23. The number of ether oxygens (including phenoxy) is 1. The van der Waals surface area contributed by atoms with Crippen LogP contribution in [-0.2, 0) is 4.74 Å². The molecule has 1 unspecified atom stereocenters. The summed E-state index contributed by atoms with van der Waals surface area (Å²) in [6.45, 7) is 13.2. The Labute approximate surface area is 94.2 Å². The molecule has 90 valence electrons. The van der Waals surface area contributed by atoms with Gasteiger partial charge in [0.05, 0.1) is 12.7 Å². The van der Waals surface area contributed by atoms with E-state index in [4.69, 9.17) is 4.74 Å². The molecule has 0 aliphatic carbocycles. The molecule has 0 amide bonds. The zero-order chi connectivity index (χ0) is 11.1. The average Bonchev–Trinajstić information content (AvgIpc) is 2.17. The summed E-state index contributed by atoms with van der Waals surface area (Å²) in [5, 5.41) is 3.48. The van der Waals surface area contributed by atoms with Gasteiger partial charge in [-0.05, 0) is 38.9 Å². The number of hydrogen-bond acceptors (Lipinski definition) is 3. The highest BCUT2D eigenvalue weighted by Crippen LogP contribution is 2.04. The smallest absolute Gasteiger partial charge is 0.0674 e. The molecule has 1 saturated heterocycles. The Hall–Kier alpha value is -0.120. The zero-order valence-corrected chi connectivity index (χ0v) is 10.5. The van der Waals surface area contributed by atoms with E-state index in [9.17, 15) is 0 Å². The summed E-state index contributed by atoms with van der Waals surface area (Å²) in [5.41, 5.74) is 0. The van der Waals surface area contributed by atoms with Gasteiger partial charge < -0.3 is 10.1 Å². The largest absolute Gasteiger partial charge is 0.376 e. The topological polar surface area (TPSA) is 24.5 Å². The van der Waals surface area contributed by atoms with Gasteiger partial charge in [-0.3, -0.25) is 4.90 Å². The molecule has 3 heteroatoms. The maximum atomic E-state index is 5.51. The first kappa shape index (κ1) is 12.9. The van der Waals surface area contributed by atoms with Gasteiger partial charge in [0.2, 0.25) is 0 Å². The van der Waals surface area contributed by atoms with Gasteiger partial charge in [0.25, 0.3) is 0 Å². The molecule has 0 bridgehead atoms. The van der Waals surface area contributed by atoms with Crippen LogP contribution in [0.15, 0.2) is 0 Å². The normalized spacial score (nSPS) is 23.6. The second-order valence-corrected chi connectivity index (χ2v) is 4.93. The SMILES string of the molecule is CC(C)CNCCCN1CCOC(C)C1. The van der Waals surface area contributed by atoms with Crippen LogP contribution in [0.2, 0.25) is 0 Å². The van der Waals surface area contributed by atoms with Gasteiger partial charge in [-0.15, -0.1) is 0 Å². The summed E-state index contributed by atoms with van der Waals surface area (Å²) >= 11 is 0. The van der Waals surface area contributed by atoms with Crippen LogP contribution in [0, 0.1) is 5.92 Å². The van der Waals surface area contributed by atoms with Crippen molar-refractivity contribution in [3.05, 3.63) is 0 Å². The fraction of sp³-hybridized carbons (Fsp3) is 1.00. The molecular weight excluding hydrogens is 188 g/mol. The first-order valence-electron chi connectivity index (χ1n) is 6.23. The van der Waals surface area contributed by atoms with Crippen molar-refractivity contribution in [3.63, 3.8) is 0 Å². The molecule has 0 aromatic carbocycles. The van der Waals surface area contributed by atoms with Gasteiger partial charge in [-0.25, -0.2) is 0 Å². The number of hydrogen-bond donors (Lipinski definition) is 1. The third-order valence-electron chi connectivity index (χ3n) is 2.71. The standard InChI is InChI=1S/C12H26N2O/c1-11(2)9-13-5-4-6-14-7-8-15-12(3)10-14/h11-13H,4-10H2,1-3H3. The summed E-state index contributed by atoms with van der Waals surface area (Å²) in [4.78, 5) is 2.51. The molecule has 15 heavy (non-hydrogen) atoms. The van der Waals surface area contributed by atoms with Crippen LogP contribution >= 0.6 is 0 Å². The zero-order valence-electron chi connectivity index (χ0n) is 10.5. The van der Waals surface area contributed by atoms with Crippen LogP contribution in [0.5, 0.6) is 0 Å². The van der Waals surface area contributed by atoms with E-state index in [1.807, 2.05) is 0 Å². The highest BCUT2D eigenvalue weighted by atomic mass is 16.5. The Kier molecular flexibility index (Phi) is 6.22. The average molecular weight is 214 g/mol. The van der Waals surface area contributed by atoms with Gasteiger partial charge in [0.15, 0.2) is 0 Å². The molecule has 0 aromatic rings. The molecule has 0 radical (unpaired) electrons. The van der Waals surface area contributed by atoms with E-state index >= 15 is 0 Å². The molecule has 1 atom stereocenters. The molecular formula is C12H26N2O. The predicted molar refractivity (Wildman–Crippen MR) is 64.2 cm³/mol. The summed E-state index contributed by atoms with van der Waals surface area (Å²) in [6.07, 6.45) is 1.67. The molecule has 0 saturated carbocycles. The Morgan fingerprint density at radius 3 is 2.93 bits per heavy atom. The minimum Gasteiger partial charge on any atom is -0.376 e. The van der Waals surface area contributed by atoms with Crippen molar-refractivity contribution in [2.75, 3.05) is 39.3 Å². The Bertz CT molecular complexity index is 162. The van der Waals surface area contributed by atoms with Crippen LogP contribution in [0.1, 0.15) is 27.2 Å². The van der Waals surface area contributed by atoms with Gasteiger partial charge in [0, 0.05) is 13.1 Å². The molecule has 1 N–H and O–H groups in total. The third kappa shape index (κ3) is 6.13. The van der Waals surface area contributed by atoms with Gasteiger partial charge >= 0.3 is 0 Å². The van der Waals surface area contributed by atoms with E-state index in [1.54, 1.807) is 0 Å². The lowest BCUT2D eigenvalue weighted by Gasteiger charge is -2.31. The molecule has 0 aromatic heterocycles. The van der Waals surface area contributed by atoms with E-state index < -0.39 is 0 Å². The van der Waals surface area contributed by atoms with Crippen LogP contribution in [-0.4, -0.2) is 50.3 Å².